The molecular formula is C25H18FN5O3. The van der Waals surface area contributed by atoms with Gasteiger partial charge in [0.2, 0.25) is 5.91 Å². The van der Waals surface area contributed by atoms with Gasteiger partial charge in [-0.3, -0.25) is 24.5 Å². The zero-order chi connectivity index (χ0) is 23.8. The fraction of sp³-hybridized carbons (Fsp3) is 0.0400. The molecule has 3 N–H and O–H groups in total. The lowest BCUT2D eigenvalue weighted by atomic mass is 10.1. The van der Waals surface area contributed by atoms with E-state index in [1.165, 1.54) is 42.1 Å². The van der Waals surface area contributed by atoms with Crippen molar-refractivity contribution >= 4 is 45.0 Å². The van der Waals surface area contributed by atoms with E-state index in [9.17, 15) is 18.8 Å². The minimum absolute atomic E-state index is 0.181. The Morgan fingerprint density at radius 3 is 2.26 bits per heavy atom. The third-order valence-electron chi connectivity index (χ3n) is 5.34. The van der Waals surface area contributed by atoms with E-state index in [0.29, 0.717) is 44.4 Å². The number of pyridine rings is 1. The smallest absolute Gasteiger partial charge is 0.280 e. The van der Waals surface area contributed by atoms with Crippen LogP contribution in [0.1, 0.15) is 17.3 Å². The summed E-state index contributed by atoms with van der Waals surface area (Å²) in [6.07, 6.45) is 1.48. The summed E-state index contributed by atoms with van der Waals surface area (Å²) >= 11 is 0. The summed E-state index contributed by atoms with van der Waals surface area (Å²) in [5.74, 6) is -0.925. The minimum atomic E-state index is -0.402. The first kappa shape index (κ1) is 21.1. The van der Waals surface area contributed by atoms with Crippen molar-refractivity contribution in [1.29, 1.82) is 0 Å². The molecular weight excluding hydrogens is 437 g/mol. The number of nitrogens with zero attached hydrogens (tertiary/aromatic N) is 2. The number of anilines is 2. The number of carbonyl (C=O) groups excluding carboxylic acids is 2. The number of fused-ring (bicyclic) bond motifs is 3. The Kier molecular flexibility index (Phi) is 5.14. The van der Waals surface area contributed by atoms with Crippen LogP contribution in [0.3, 0.4) is 0 Å². The minimum Gasteiger partial charge on any atom is -0.326 e. The van der Waals surface area contributed by atoms with E-state index in [4.69, 9.17) is 0 Å². The fourth-order valence-electron chi connectivity index (χ4n) is 3.71. The Morgan fingerprint density at radius 2 is 1.59 bits per heavy atom. The normalized spacial score (nSPS) is 11.0. The number of rotatable bonds is 4. The maximum atomic E-state index is 13.3. The largest absolute Gasteiger partial charge is 0.326 e. The van der Waals surface area contributed by atoms with Crippen LogP contribution in [-0.2, 0) is 4.79 Å². The Morgan fingerprint density at radius 1 is 0.912 bits per heavy atom. The van der Waals surface area contributed by atoms with Crippen molar-refractivity contribution in [2.75, 3.05) is 10.6 Å². The van der Waals surface area contributed by atoms with Gasteiger partial charge in [0.05, 0.1) is 22.1 Å². The summed E-state index contributed by atoms with van der Waals surface area (Å²) in [6, 6.07) is 17.3. The number of nitrogens with one attached hydrogen (secondary N) is 3. The molecule has 2 aromatic heterocycles. The lowest BCUT2D eigenvalue weighted by Gasteiger charge is -2.08. The molecule has 0 aliphatic rings. The van der Waals surface area contributed by atoms with Gasteiger partial charge in [-0.15, -0.1) is 0 Å². The van der Waals surface area contributed by atoms with Crippen molar-refractivity contribution in [2.45, 2.75) is 6.92 Å². The third kappa shape index (κ3) is 3.90. The predicted octanol–water partition coefficient (Wildman–Crippen LogP) is 4.22. The van der Waals surface area contributed by atoms with Crippen LogP contribution in [0.4, 0.5) is 15.8 Å². The Bertz CT molecular complexity index is 1620. The molecule has 2 heterocycles. The first-order valence-electron chi connectivity index (χ1n) is 10.4. The quantitative estimate of drug-likeness (QED) is 0.377. The molecule has 2 amide bonds. The van der Waals surface area contributed by atoms with Crippen molar-refractivity contribution in [3.8, 4) is 5.69 Å². The van der Waals surface area contributed by atoms with Crippen molar-refractivity contribution in [2.24, 2.45) is 0 Å². The number of halogens is 1. The summed E-state index contributed by atoms with van der Waals surface area (Å²) in [6.45, 7) is 1.42. The van der Waals surface area contributed by atoms with E-state index < -0.39 is 5.82 Å². The highest BCUT2D eigenvalue weighted by molar-refractivity contribution is 6.10. The van der Waals surface area contributed by atoms with Crippen LogP contribution in [-0.4, -0.2) is 26.6 Å². The number of hydrogen-bond acceptors (Lipinski definition) is 4. The number of aromatic amines is 1. The van der Waals surface area contributed by atoms with Gasteiger partial charge in [0.25, 0.3) is 11.5 Å². The van der Waals surface area contributed by atoms with Crippen LogP contribution >= 0.6 is 0 Å². The van der Waals surface area contributed by atoms with Crippen molar-refractivity contribution in [3.05, 3.63) is 94.7 Å². The molecule has 3 aromatic carbocycles. The maximum Gasteiger partial charge on any atom is 0.280 e. The van der Waals surface area contributed by atoms with Gasteiger partial charge < -0.3 is 10.6 Å². The first-order valence-corrected chi connectivity index (χ1v) is 10.4. The van der Waals surface area contributed by atoms with Gasteiger partial charge in [-0.25, -0.2) is 9.07 Å². The highest BCUT2D eigenvalue weighted by atomic mass is 19.1. The highest BCUT2D eigenvalue weighted by Crippen LogP contribution is 2.23. The zero-order valence-corrected chi connectivity index (χ0v) is 17.9. The second-order valence-corrected chi connectivity index (χ2v) is 7.72. The van der Waals surface area contributed by atoms with Crippen LogP contribution in [0.15, 0.2) is 77.7 Å². The fourth-order valence-corrected chi connectivity index (χ4v) is 3.71. The lowest BCUT2D eigenvalue weighted by Crippen LogP contribution is -2.14. The number of aromatic nitrogens is 3. The van der Waals surface area contributed by atoms with Gasteiger partial charge in [-0.05, 0) is 66.7 Å². The molecule has 0 aliphatic heterocycles. The van der Waals surface area contributed by atoms with Gasteiger partial charge in [0.15, 0.2) is 0 Å². The van der Waals surface area contributed by atoms with E-state index in [2.05, 4.69) is 20.7 Å². The summed E-state index contributed by atoms with van der Waals surface area (Å²) in [4.78, 5) is 41.3. The van der Waals surface area contributed by atoms with E-state index in [1.54, 1.807) is 42.5 Å². The summed E-state index contributed by atoms with van der Waals surface area (Å²) < 4.78 is 14.6. The van der Waals surface area contributed by atoms with E-state index in [1.807, 2.05) is 0 Å². The highest BCUT2D eigenvalue weighted by Gasteiger charge is 2.14. The number of hydrogen-bond donors (Lipinski definition) is 3. The topological polar surface area (TPSA) is 109 Å². The van der Waals surface area contributed by atoms with Crippen LogP contribution in [0.25, 0.3) is 27.5 Å². The molecule has 0 saturated carbocycles. The Hall–Kier alpha value is -4.79. The third-order valence-corrected chi connectivity index (χ3v) is 5.34. The molecule has 9 heteroatoms. The molecule has 5 rings (SSSR count). The van der Waals surface area contributed by atoms with Crippen molar-refractivity contribution < 1.29 is 14.0 Å². The molecule has 0 atom stereocenters. The van der Waals surface area contributed by atoms with Crippen molar-refractivity contribution in [1.82, 2.24) is 14.8 Å². The van der Waals surface area contributed by atoms with E-state index >= 15 is 0 Å². The van der Waals surface area contributed by atoms with E-state index in [0.717, 1.165) is 0 Å². The van der Waals surface area contributed by atoms with Crippen LogP contribution in [0.2, 0.25) is 0 Å². The average molecular weight is 455 g/mol. The molecule has 0 aliphatic carbocycles. The SMILES string of the molecule is CC(=O)Nc1ccc(NC(=O)c2ccc3ncc4c(=O)n(-c5ccc(F)cc5)[nH]c4c3c2)cc1. The van der Waals surface area contributed by atoms with Gasteiger partial charge >= 0.3 is 0 Å². The Balaban J connectivity index is 1.50. The molecule has 0 bridgehead atoms. The zero-order valence-electron chi connectivity index (χ0n) is 17.9. The summed E-state index contributed by atoms with van der Waals surface area (Å²) in [5.41, 5.74) is 2.84. The molecule has 8 nitrogen and oxygen atoms in total. The van der Waals surface area contributed by atoms with Gasteiger partial charge in [-0.1, -0.05) is 0 Å². The summed E-state index contributed by atoms with van der Waals surface area (Å²) in [5, 5.41) is 9.49. The van der Waals surface area contributed by atoms with Crippen LogP contribution in [0, 0.1) is 5.82 Å². The van der Waals surface area contributed by atoms with Crippen LogP contribution in [0.5, 0.6) is 0 Å². The second kappa shape index (κ2) is 8.28. The maximum absolute atomic E-state index is 13.3. The standard InChI is InChI=1S/C25H18FN5O3/c1-14(32)28-17-5-7-18(8-6-17)29-24(33)15-2-11-22-20(12-15)23-21(13-27-22)25(34)31(30-23)19-9-3-16(26)4-10-19/h2-13,30H,1H3,(H,28,32)(H,29,33). The monoisotopic (exact) mass is 455 g/mol. The second-order valence-electron chi connectivity index (χ2n) is 7.72. The van der Waals surface area contributed by atoms with Gasteiger partial charge in [0, 0.05) is 35.4 Å². The molecule has 0 unspecified atom stereocenters. The lowest BCUT2D eigenvalue weighted by molar-refractivity contribution is -0.114. The predicted molar refractivity (Wildman–Crippen MR) is 128 cm³/mol. The van der Waals surface area contributed by atoms with Gasteiger partial charge in [-0.2, -0.15) is 0 Å². The molecule has 0 fully saturated rings. The van der Waals surface area contributed by atoms with Crippen molar-refractivity contribution in [3.63, 3.8) is 0 Å². The van der Waals surface area contributed by atoms with Crippen LogP contribution < -0.4 is 16.2 Å². The average Bonchev–Trinajstić information content (AvgIpc) is 3.17. The molecule has 5 aromatic rings. The number of amides is 2. The first-order chi connectivity index (χ1) is 16.4. The number of benzene rings is 3. The Labute approximate surface area is 192 Å². The van der Waals surface area contributed by atoms with Gasteiger partial charge in [0.1, 0.15) is 5.82 Å². The molecule has 34 heavy (non-hydrogen) atoms. The van der Waals surface area contributed by atoms with E-state index in [-0.39, 0.29) is 17.4 Å². The molecule has 0 radical (unpaired) electrons. The molecule has 0 spiro atoms. The molecule has 0 saturated heterocycles. The number of H-pyrrole nitrogens is 1. The molecule has 168 valence electrons. The number of carbonyl (C=O) groups is 2. The summed E-state index contributed by atoms with van der Waals surface area (Å²) in [7, 11) is 0.